The molecule has 0 radical (unpaired) electrons. The third-order valence-electron chi connectivity index (χ3n) is 3.74. The fourth-order valence-electron chi connectivity index (χ4n) is 2.54. The zero-order chi connectivity index (χ0) is 17.8. The largest absolute Gasteiger partial charge is 0.494 e. The number of non-ortho nitro benzene ring substituents is 1. The first kappa shape index (κ1) is 16.3. The smallest absolute Gasteiger partial charge is 0.270 e. The maximum absolute atomic E-state index is 12.9. The van der Waals surface area contributed by atoms with Gasteiger partial charge in [-0.1, -0.05) is 30.3 Å². The van der Waals surface area contributed by atoms with Crippen LogP contribution in [0.5, 0.6) is 5.75 Å². The quantitative estimate of drug-likeness (QED) is 0.401. The molecule has 6 nitrogen and oxygen atoms in total. The number of hydrogen-bond donors (Lipinski definition) is 0. The van der Waals surface area contributed by atoms with Crippen LogP contribution in [0.3, 0.4) is 0 Å². The second-order valence-electron chi connectivity index (χ2n) is 5.24. The maximum atomic E-state index is 12.9. The van der Waals surface area contributed by atoms with E-state index in [4.69, 9.17) is 4.74 Å². The van der Waals surface area contributed by atoms with Crippen molar-refractivity contribution in [2.24, 2.45) is 0 Å². The van der Waals surface area contributed by atoms with E-state index < -0.39 is 4.92 Å². The van der Waals surface area contributed by atoms with Crippen LogP contribution >= 0.6 is 0 Å². The van der Waals surface area contributed by atoms with Crippen LogP contribution in [-0.4, -0.2) is 22.8 Å². The van der Waals surface area contributed by atoms with Gasteiger partial charge in [0.2, 0.25) is 0 Å². The van der Waals surface area contributed by atoms with E-state index in [0.717, 1.165) is 0 Å². The molecule has 0 unspecified atom stereocenters. The number of ketones is 1. The van der Waals surface area contributed by atoms with Crippen molar-refractivity contribution in [1.82, 2.24) is 4.98 Å². The van der Waals surface area contributed by atoms with Gasteiger partial charge in [-0.25, -0.2) is 0 Å². The van der Waals surface area contributed by atoms with Crippen LogP contribution in [0.1, 0.15) is 15.9 Å². The van der Waals surface area contributed by atoms with E-state index in [1.165, 1.54) is 25.3 Å². The highest BCUT2D eigenvalue weighted by molar-refractivity contribution is 6.13. The maximum Gasteiger partial charge on any atom is 0.270 e. The van der Waals surface area contributed by atoms with Crippen LogP contribution in [0, 0.1) is 10.1 Å². The number of nitrogens with zero attached hydrogens (tertiary/aromatic N) is 2. The first-order chi connectivity index (χ1) is 12.1. The zero-order valence-electron chi connectivity index (χ0n) is 13.4. The lowest BCUT2D eigenvalue weighted by Crippen LogP contribution is -2.05. The first-order valence-corrected chi connectivity index (χ1v) is 7.49. The molecule has 124 valence electrons. The van der Waals surface area contributed by atoms with Crippen molar-refractivity contribution in [2.45, 2.75) is 0 Å². The molecule has 0 aliphatic rings. The molecule has 25 heavy (non-hydrogen) atoms. The van der Waals surface area contributed by atoms with Crippen molar-refractivity contribution in [1.29, 1.82) is 0 Å². The zero-order valence-corrected chi connectivity index (χ0v) is 13.4. The van der Waals surface area contributed by atoms with Crippen molar-refractivity contribution in [3.63, 3.8) is 0 Å². The van der Waals surface area contributed by atoms with Gasteiger partial charge in [0.25, 0.3) is 5.69 Å². The van der Waals surface area contributed by atoms with E-state index in [-0.39, 0.29) is 11.5 Å². The van der Waals surface area contributed by atoms with Crippen molar-refractivity contribution in [3.05, 3.63) is 88.1 Å². The Kier molecular flexibility index (Phi) is 4.52. The molecule has 1 heterocycles. The number of carbonyl (C=O) groups excluding carboxylic acids is 1. The molecule has 0 saturated carbocycles. The highest BCUT2D eigenvalue weighted by atomic mass is 16.6. The second-order valence-corrected chi connectivity index (χ2v) is 5.24. The van der Waals surface area contributed by atoms with Gasteiger partial charge in [0, 0.05) is 35.0 Å². The molecule has 0 bridgehead atoms. The molecule has 0 amide bonds. The number of carbonyl (C=O) groups is 1. The summed E-state index contributed by atoms with van der Waals surface area (Å²) in [7, 11) is 1.48. The van der Waals surface area contributed by atoms with E-state index >= 15 is 0 Å². The van der Waals surface area contributed by atoms with Crippen LogP contribution in [-0.2, 0) is 0 Å². The summed E-state index contributed by atoms with van der Waals surface area (Å²) < 4.78 is 5.30. The second kappa shape index (κ2) is 6.92. The number of aromatic nitrogens is 1. The van der Waals surface area contributed by atoms with Gasteiger partial charge >= 0.3 is 0 Å². The molecule has 0 fully saturated rings. The lowest BCUT2D eigenvalue weighted by atomic mass is 9.95. The number of rotatable bonds is 5. The van der Waals surface area contributed by atoms with E-state index in [1.54, 1.807) is 42.6 Å². The van der Waals surface area contributed by atoms with Crippen LogP contribution in [0.15, 0.2) is 66.9 Å². The number of hydrogen-bond acceptors (Lipinski definition) is 5. The minimum absolute atomic E-state index is 0.118. The Balaban J connectivity index is 2.22. The lowest BCUT2D eigenvalue weighted by molar-refractivity contribution is -0.384. The van der Waals surface area contributed by atoms with E-state index in [9.17, 15) is 14.9 Å². The average molecular weight is 334 g/mol. The predicted octanol–water partition coefficient (Wildman–Crippen LogP) is 3.90. The van der Waals surface area contributed by atoms with Crippen molar-refractivity contribution in [3.8, 4) is 17.0 Å². The number of pyridine rings is 1. The third kappa shape index (κ3) is 3.23. The molecule has 3 rings (SSSR count). The Morgan fingerprint density at radius 2 is 1.84 bits per heavy atom. The van der Waals surface area contributed by atoms with Crippen LogP contribution < -0.4 is 4.74 Å². The number of benzene rings is 2. The number of nitro groups is 1. The van der Waals surface area contributed by atoms with Gasteiger partial charge in [0.15, 0.2) is 5.78 Å². The average Bonchev–Trinajstić information content (AvgIpc) is 2.67. The van der Waals surface area contributed by atoms with Gasteiger partial charge in [-0.2, -0.15) is 0 Å². The van der Waals surface area contributed by atoms with Gasteiger partial charge in [0.05, 0.1) is 12.0 Å². The third-order valence-corrected chi connectivity index (χ3v) is 3.74. The predicted molar refractivity (Wildman–Crippen MR) is 92.8 cm³/mol. The van der Waals surface area contributed by atoms with Gasteiger partial charge in [-0.05, 0) is 18.2 Å². The fourth-order valence-corrected chi connectivity index (χ4v) is 2.54. The Morgan fingerprint density at radius 1 is 1.08 bits per heavy atom. The molecular formula is C19H14N2O4. The fraction of sp³-hybridized carbons (Fsp3) is 0.0526. The number of ether oxygens (including phenoxy) is 1. The highest BCUT2D eigenvalue weighted by Gasteiger charge is 2.21. The molecule has 0 saturated heterocycles. The molecule has 0 N–H and O–H groups in total. The van der Waals surface area contributed by atoms with Gasteiger partial charge < -0.3 is 4.74 Å². The molecule has 3 aromatic rings. The van der Waals surface area contributed by atoms with Crippen molar-refractivity contribution < 1.29 is 14.5 Å². The molecule has 0 spiro atoms. The minimum atomic E-state index is -0.504. The van der Waals surface area contributed by atoms with E-state index in [0.29, 0.717) is 28.1 Å². The molecule has 1 aromatic heterocycles. The Bertz CT molecular complexity index is 939. The summed E-state index contributed by atoms with van der Waals surface area (Å²) in [4.78, 5) is 27.8. The van der Waals surface area contributed by atoms with Crippen molar-refractivity contribution >= 4 is 11.5 Å². The summed E-state index contributed by atoms with van der Waals surface area (Å²) in [6, 6.07) is 16.2. The van der Waals surface area contributed by atoms with Crippen LogP contribution in [0.2, 0.25) is 0 Å². The summed E-state index contributed by atoms with van der Waals surface area (Å²) >= 11 is 0. The standard InChI is InChI=1S/C19H14N2O4/c1-25-17-8-5-11-20-18(17)16-12-14(21(23)24)9-10-15(16)19(22)13-6-3-2-4-7-13/h2-12H,1H3. The summed E-state index contributed by atoms with van der Waals surface area (Å²) in [5.41, 5.74) is 1.45. The highest BCUT2D eigenvalue weighted by Crippen LogP contribution is 2.33. The van der Waals surface area contributed by atoms with Crippen LogP contribution in [0.4, 0.5) is 5.69 Å². The summed E-state index contributed by atoms with van der Waals surface area (Å²) in [6.45, 7) is 0. The monoisotopic (exact) mass is 334 g/mol. The van der Waals surface area contributed by atoms with Crippen molar-refractivity contribution in [2.75, 3.05) is 7.11 Å². The Hall–Kier alpha value is -3.54. The number of methoxy groups -OCH3 is 1. The summed E-state index contributed by atoms with van der Waals surface area (Å²) in [6.07, 6.45) is 1.55. The van der Waals surface area contributed by atoms with Crippen LogP contribution in [0.25, 0.3) is 11.3 Å². The Labute approximate surface area is 143 Å². The van der Waals surface area contributed by atoms with E-state index in [2.05, 4.69) is 4.98 Å². The van der Waals surface area contributed by atoms with Gasteiger partial charge in [-0.15, -0.1) is 0 Å². The topological polar surface area (TPSA) is 82.3 Å². The molecule has 2 aromatic carbocycles. The summed E-state index contributed by atoms with van der Waals surface area (Å²) in [5.74, 6) is 0.198. The van der Waals surface area contributed by atoms with Gasteiger partial charge in [0.1, 0.15) is 11.4 Å². The normalized spacial score (nSPS) is 10.3. The van der Waals surface area contributed by atoms with Gasteiger partial charge in [-0.3, -0.25) is 19.9 Å². The molecule has 0 aliphatic carbocycles. The lowest BCUT2D eigenvalue weighted by Gasteiger charge is -2.11. The minimum Gasteiger partial charge on any atom is -0.494 e. The first-order valence-electron chi connectivity index (χ1n) is 7.49. The molecule has 6 heteroatoms. The Morgan fingerprint density at radius 3 is 2.52 bits per heavy atom. The molecule has 0 aliphatic heterocycles. The number of nitro benzene ring substituents is 1. The molecular weight excluding hydrogens is 320 g/mol. The summed E-state index contributed by atoms with van der Waals surface area (Å²) in [5, 5.41) is 11.2. The van der Waals surface area contributed by atoms with E-state index in [1.807, 2.05) is 6.07 Å². The molecule has 0 atom stereocenters. The SMILES string of the molecule is COc1cccnc1-c1cc([N+](=O)[O-])ccc1C(=O)c1ccccc1.